The summed E-state index contributed by atoms with van der Waals surface area (Å²) < 4.78 is 32.9. The smallest absolute Gasteiger partial charge is 0.289 e. The standard InChI is InChI=1S/C20H28N2O4S/c1-4-22(5-2)27(24,25)16-10-11-18-17(14-16)15(3)19(26-18)20(23)21-12-8-6-7-9-13-21/h10-11,14H,4-9,12-13H2,1-3H3. The van der Waals surface area contributed by atoms with Crippen LogP contribution in [-0.4, -0.2) is 49.7 Å². The highest BCUT2D eigenvalue weighted by Gasteiger charge is 2.26. The second-order valence-electron chi connectivity index (χ2n) is 7.01. The lowest BCUT2D eigenvalue weighted by Gasteiger charge is -2.19. The molecule has 27 heavy (non-hydrogen) atoms. The minimum absolute atomic E-state index is 0.0984. The third-order valence-electron chi connectivity index (χ3n) is 5.34. The SMILES string of the molecule is CCN(CC)S(=O)(=O)c1ccc2oc(C(=O)N3CCCCCC3)c(C)c2c1. The molecular weight excluding hydrogens is 364 g/mol. The summed E-state index contributed by atoms with van der Waals surface area (Å²) in [7, 11) is -3.55. The Morgan fingerprint density at radius 3 is 2.33 bits per heavy atom. The van der Waals surface area contributed by atoms with Crippen LogP contribution in [0, 0.1) is 6.92 Å². The van der Waals surface area contributed by atoms with Crippen molar-refractivity contribution in [1.82, 2.24) is 9.21 Å². The van der Waals surface area contributed by atoms with E-state index < -0.39 is 10.0 Å². The number of aryl methyl sites for hydroxylation is 1. The van der Waals surface area contributed by atoms with Crippen LogP contribution in [0.15, 0.2) is 27.5 Å². The van der Waals surface area contributed by atoms with E-state index in [0.717, 1.165) is 38.8 Å². The summed E-state index contributed by atoms with van der Waals surface area (Å²) in [5.74, 6) is 0.225. The minimum Gasteiger partial charge on any atom is -0.451 e. The number of fused-ring (bicyclic) bond motifs is 1. The molecule has 1 saturated heterocycles. The summed E-state index contributed by atoms with van der Waals surface area (Å²) in [6.07, 6.45) is 4.32. The fourth-order valence-electron chi connectivity index (χ4n) is 3.69. The summed E-state index contributed by atoms with van der Waals surface area (Å²) in [6, 6.07) is 4.83. The highest BCUT2D eigenvalue weighted by Crippen LogP contribution is 2.30. The molecule has 7 heteroatoms. The number of amides is 1. The van der Waals surface area contributed by atoms with Crippen molar-refractivity contribution in [3.05, 3.63) is 29.5 Å². The van der Waals surface area contributed by atoms with E-state index >= 15 is 0 Å². The van der Waals surface area contributed by atoms with E-state index in [1.165, 1.54) is 4.31 Å². The van der Waals surface area contributed by atoms with E-state index in [1.807, 2.05) is 25.7 Å². The van der Waals surface area contributed by atoms with Gasteiger partial charge in [-0.1, -0.05) is 26.7 Å². The van der Waals surface area contributed by atoms with Gasteiger partial charge in [-0.05, 0) is 38.0 Å². The molecule has 0 unspecified atom stereocenters. The predicted octanol–water partition coefficient (Wildman–Crippen LogP) is 3.79. The molecule has 6 nitrogen and oxygen atoms in total. The van der Waals surface area contributed by atoms with E-state index in [1.54, 1.807) is 18.2 Å². The van der Waals surface area contributed by atoms with Crippen LogP contribution in [0.2, 0.25) is 0 Å². The van der Waals surface area contributed by atoms with Gasteiger partial charge in [0.2, 0.25) is 10.0 Å². The summed E-state index contributed by atoms with van der Waals surface area (Å²) in [5.41, 5.74) is 1.25. The maximum atomic E-state index is 12.9. The zero-order chi connectivity index (χ0) is 19.6. The molecule has 1 aromatic heterocycles. The Hall–Kier alpha value is -1.86. The summed E-state index contributed by atoms with van der Waals surface area (Å²) in [6.45, 7) is 7.79. The topological polar surface area (TPSA) is 70.8 Å². The number of likely N-dealkylation sites (tertiary alicyclic amines) is 1. The number of carbonyl (C=O) groups excluding carboxylic acids is 1. The van der Waals surface area contributed by atoms with Crippen LogP contribution in [0.1, 0.15) is 55.6 Å². The minimum atomic E-state index is -3.55. The molecule has 0 N–H and O–H groups in total. The molecule has 1 amide bonds. The molecule has 3 rings (SSSR count). The van der Waals surface area contributed by atoms with Crippen LogP contribution in [0.3, 0.4) is 0 Å². The maximum Gasteiger partial charge on any atom is 0.289 e. The number of benzene rings is 1. The quantitative estimate of drug-likeness (QED) is 0.776. The number of sulfonamides is 1. The Morgan fingerprint density at radius 2 is 1.74 bits per heavy atom. The Morgan fingerprint density at radius 1 is 1.11 bits per heavy atom. The van der Waals surface area contributed by atoms with Crippen LogP contribution < -0.4 is 0 Å². The van der Waals surface area contributed by atoms with Crippen molar-refractivity contribution >= 4 is 26.9 Å². The number of furan rings is 1. The monoisotopic (exact) mass is 392 g/mol. The van der Waals surface area contributed by atoms with E-state index in [4.69, 9.17) is 4.42 Å². The predicted molar refractivity (Wildman–Crippen MR) is 105 cm³/mol. The van der Waals surface area contributed by atoms with Crippen LogP contribution in [-0.2, 0) is 10.0 Å². The Labute approximate surface area is 161 Å². The first-order valence-electron chi connectivity index (χ1n) is 9.72. The molecule has 0 aliphatic carbocycles. The number of nitrogens with zero attached hydrogens (tertiary/aromatic N) is 2. The highest BCUT2D eigenvalue weighted by molar-refractivity contribution is 7.89. The molecule has 1 fully saturated rings. The summed E-state index contributed by atoms with van der Waals surface area (Å²) in [5, 5.41) is 0.682. The van der Waals surface area contributed by atoms with Gasteiger partial charge < -0.3 is 9.32 Å². The first-order valence-corrected chi connectivity index (χ1v) is 11.2. The molecule has 2 aromatic rings. The second kappa shape index (κ2) is 8.02. The molecule has 0 atom stereocenters. The fourth-order valence-corrected chi connectivity index (χ4v) is 5.18. The lowest BCUT2D eigenvalue weighted by atomic mass is 10.1. The first-order chi connectivity index (χ1) is 12.9. The average Bonchev–Trinajstić information content (AvgIpc) is 2.83. The third-order valence-corrected chi connectivity index (χ3v) is 7.38. The van der Waals surface area contributed by atoms with Crippen molar-refractivity contribution in [2.75, 3.05) is 26.2 Å². The zero-order valence-corrected chi connectivity index (χ0v) is 17.1. The molecule has 1 aromatic carbocycles. The molecular formula is C20H28N2O4S. The molecule has 1 aliphatic heterocycles. The number of hydrogen-bond acceptors (Lipinski definition) is 4. The Balaban J connectivity index is 1.99. The van der Waals surface area contributed by atoms with Crippen LogP contribution in [0.5, 0.6) is 0 Å². The third kappa shape index (κ3) is 3.75. The van der Waals surface area contributed by atoms with Crippen LogP contribution in [0.4, 0.5) is 0 Å². The molecule has 0 saturated carbocycles. The highest BCUT2D eigenvalue weighted by atomic mass is 32.2. The molecule has 0 spiro atoms. The number of hydrogen-bond donors (Lipinski definition) is 0. The maximum absolute atomic E-state index is 12.9. The van der Waals surface area contributed by atoms with Gasteiger partial charge in [0.05, 0.1) is 4.90 Å². The number of carbonyl (C=O) groups is 1. The van der Waals surface area contributed by atoms with Crippen LogP contribution >= 0.6 is 0 Å². The molecule has 0 bridgehead atoms. The Bertz CT molecular complexity index is 921. The summed E-state index contributed by atoms with van der Waals surface area (Å²) in [4.78, 5) is 15.0. The van der Waals surface area contributed by atoms with E-state index in [9.17, 15) is 13.2 Å². The van der Waals surface area contributed by atoms with Gasteiger partial charge in [-0.2, -0.15) is 4.31 Å². The second-order valence-corrected chi connectivity index (χ2v) is 8.95. The van der Waals surface area contributed by atoms with Gasteiger partial charge in [0.25, 0.3) is 5.91 Å². The van der Waals surface area contributed by atoms with E-state index in [-0.39, 0.29) is 10.8 Å². The largest absolute Gasteiger partial charge is 0.451 e. The summed E-state index contributed by atoms with van der Waals surface area (Å²) >= 11 is 0. The van der Waals surface area contributed by atoms with Gasteiger partial charge in [0, 0.05) is 37.1 Å². The van der Waals surface area contributed by atoms with Gasteiger partial charge in [-0.15, -0.1) is 0 Å². The van der Waals surface area contributed by atoms with Gasteiger partial charge >= 0.3 is 0 Å². The number of rotatable bonds is 5. The van der Waals surface area contributed by atoms with E-state index in [0.29, 0.717) is 35.4 Å². The van der Waals surface area contributed by atoms with Crippen molar-refractivity contribution in [3.63, 3.8) is 0 Å². The van der Waals surface area contributed by atoms with Gasteiger partial charge in [0.15, 0.2) is 5.76 Å². The van der Waals surface area contributed by atoms with Crippen molar-refractivity contribution in [1.29, 1.82) is 0 Å². The van der Waals surface area contributed by atoms with Crippen molar-refractivity contribution in [2.24, 2.45) is 0 Å². The van der Waals surface area contributed by atoms with Gasteiger partial charge in [0.1, 0.15) is 5.58 Å². The fraction of sp³-hybridized carbons (Fsp3) is 0.550. The normalized spacial score (nSPS) is 16.1. The lowest BCUT2D eigenvalue weighted by Crippen LogP contribution is -2.31. The average molecular weight is 393 g/mol. The first kappa shape index (κ1) is 19.9. The molecule has 1 aliphatic rings. The molecule has 0 radical (unpaired) electrons. The molecule has 148 valence electrons. The zero-order valence-electron chi connectivity index (χ0n) is 16.3. The van der Waals surface area contributed by atoms with Crippen LogP contribution in [0.25, 0.3) is 11.0 Å². The van der Waals surface area contributed by atoms with Crippen molar-refractivity contribution in [3.8, 4) is 0 Å². The van der Waals surface area contributed by atoms with Crippen molar-refractivity contribution < 1.29 is 17.6 Å². The molecule has 2 heterocycles. The van der Waals surface area contributed by atoms with Crippen molar-refractivity contribution in [2.45, 2.75) is 51.3 Å². The Kier molecular flexibility index (Phi) is 5.91. The van der Waals surface area contributed by atoms with Gasteiger partial charge in [-0.3, -0.25) is 4.79 Å². The lowest BCUT2D eigenvalue weighted by molar-refractivity contribution is 0.0731. The van der Waals surface area contributed by atoms with Gasteiger partial charge in [-0.25, -0.2) is 8.42 Å². The van der Waals surface area contributed by atoms with E-state index in [2.05, 4.69) is 0 Å².